The van der Waals surface area contributed by atoms with Crippen molar-refractivity contribution in [2.75, 3.05) is 11.9 Å². The second-order valence-corrected chi connectivity index (χ2v) is 6.09. The second-order valence-electron chi connectivity index (χ2n) is 6.09. The molecule has 110 valence electrons. The number of urea groups is 1. The minimum atomic E-state index is -0.409. The van der Waals surface area contributed by atoms with Gasteiger partial charge in [-0.3, -0.25) is 0 Å². The van der Waals surface area contributed by atoms with Crippen LogP contribution in [-0.2, 0) is 12.8 Å². The van der Waals surface area contributed by atoms with Crippen molar-refractivity contribution in [3.63, 3.8) is 0 Å². The van der Waals surface area contributed by atoms with Crippen molar-refractivity contribution in [2.45, 2.75) is 51.5 Å². The Morgan fingerprint density at radius 1 is 1.30 bits per heavy atom. The number of amides is 2. The number of hydrogen-bond acceptors (Lipinski definition) is 2. The van der Waals surface area contributed by atoms with Crippen LogP contribution < -0.4 is 10.6 Å². The molecule has 1 aliphatic carbocycles. The normalized spacial score (nSPS) is 14.6. The van der Waals surface area contributed by atoms with Gasteiger partial charge < -0.3 is 15.7 Å². The predicted molar refractivity (Wildman–Crippen MR) is 81.0 cm³/mol. The molecule has 1 aliphatic rings. The highest BCUT2D eigenvalue weighted by Gasteiger charge is 2.21. The molecule has 4 heteroatoms. The second kappa shape index (κ2) is 6.27. The number of carbonyl (C=O) groups excluding carboxylic acids is 1. The Morgan fingerprint density at radius 2 is 2.05 bits per heavy atom. The van der Waals surface area contributed by atoms with Crippen LogP contribution in [0.1, 0.15) is 44.2 Å². The maximum absolute atomic E-state index is 12.1. The highest BCUT2D eigenvalue weighted by Crippen LogP contribution is 2.27. The summed E-state index contributed by atoms with van der Waals surface area (Å²) in [6.45, 7) is 3.88. The third-order valence-corrected chi connectivity index (χ3v) is 3.83. The summed E-state index contributed by atoms with van der Waals surface area (Å²) in [5, 5.41) is 14.8. The van der Waals surface area contributed by atoms with E-state index in [9.17, 15) is 4.79 Å². The number of aryl methyl sites for hydroxylation is 1. The standard InChI is InChI=1S/C16H24N2O2/c1-16(2,10-11-19)18-15(20)17-14-9-5-7-12-6-3-4-8-13(12)14/h5,7,9,19H,3-4,6,8,10-11H2,1-2H3,(H2,17,18,20). The molecule has 0 fully saturated rings. The summed E-state index contributed by atoms with van der Waals surface area (Å²) in [6, 6.07) is 5.90. The zero-order chi connectivity index (χ0) is 14.6. The van der Waals surface area contributed by atoms with Gasteiger partial charge in [0.2, 0.25) is 0 Å². The molecule has 4 nitrogen and oxygen atoms in total. The quantitative estimate of drug-likeness (QED) is 0.792. The van der Waals surface area contributed by atoms with Crippen LogP contribution in [0.4, 0.5) is 10.5 Å². The maximum atomic E-state index is 12.1. The Bertz CT molecular complexity index is 483. The summed E-state index contributed by atoms with van der Waals surface area (Å²) in [4.78, 5) is 12.1. The van der Waals surface area contributed by atoms with Gasteiger partial charge in [0.15, 0.2) is 0 Å². The summed E-state index contributed by atoms with van der Waals surface area (Å²) >= 11 is 0. The van der Waals surface area contributed by atoms with E-state index < -0.39 is 5.54 Å². The van der Waals surface area contributed by atoms with Gasteiger partial charge in [-0.2, -0.15) is 0 Å². The van der Waals surface area contributed by atoms with E-state index in [1.54, 1.807) is 0 Å². The summed E-state index contributed by atoms with van der Waals surface area (Å²) in [6.07, 6.45) is 5.08. The molecule has 0 spiro atoms. The molecule has 2 amide bonds. The Labute approximate surface area is 120 Å². The average Bonchev–Trinajstić information content (AvgIpc) is 2.38. The first-order chi connectivity index (χ1) is 9.52. The van der Waals surface area contributed by atoms with Crippen molar-refractivity contribution in [3.05, 3.63) is 29.3 Å². The first-order valence-corrected chi connectivity index (χ1v) is 7.33. The summed E-state index contributed by atoms with van der Waals surface area (Å²) < 4.78 is 0. The smallest absolute Gasteiger partial charge is 0.319 e. The average molecular weight is 276 g/mol. The van der Waals surface area contributed by atoms with Gasteiger partial charge in [-0.25, -0.2) is 4.79 Å². The van der Waals surface area contributed by atoms with E-state index in [0.717, 1.165) is 18.5 Å². The number of carbonyl (C=O) groups is 1. The molecule has 20 heavy (non-hydrogen) atoms. The van der Waals surface area contributed by atoms with Crippen molar-refractivity contribution in [1.82, 2.24) is 5.32 Å². The largest absolute Gasteiger partial charge is 0.396 e. The van der Waals surface area contributed by atoms with Gasteiger partial charge in [-0.15, -0.1) is 0 Å². The highest BCUT2D eigenvalue weighted by molar-refractivity contribution is 5.90. The minimum Gasteiger partial charge on any atom is -0.396 e. The monoisotopic (exact) mass is 276 g/mol. The van der Waals surface area contributed by atoms with Gasteiger partial charge in [0, 0.05) is 17.8 Å². The lowest BCUT2D eigenvalue weighted by Crippen LogP contribution is -2.46. The minimum absolute atomic E-state index is 0.0635. The SMILES string of the molecule is CC(C)(CCO)NC(=O)Nc1cccc2c1CCCC2. The van der Waals surface area contributed by atoms with E-state index in [-0.39, 0.29) is 12.6 Å². The molecule has 0 radical (unpaired) electrons. The van der Waals surface area contributed by atoms with Crippen LogP contribution in [0, 0.1) is 0 Å². The molecule has 3 N–H and O–H groups in total. The molecule has 0 saturated heterocycles. The molecule has 0 heterocycles. The summed E-state index contributed by atoms with van der Waals surface area (Å²) in [7, 11) is 0. The molecule has 1 aromatic rings. The number of aliphatic hydroxyl groups excluding tert-OH is 1. The van der Waals surface area contributed by atoms with Crippen LogP contribution in [0.5, 0.6) is 0 Å². The van der Waals surface area contributed by atoms with E-state index >= 15 is 0 Å². The fourth-order valence-corrected chi connectivity index (χ4v) is 2.70. The Kier molecular flexibility index (Phi) is 4.65. The summed E-state index contributed by atoms with van der Waals surface area (Å²) in [5.74, 6) is 0. The van der Waals surface area contributed by atoms with Crippen molar-refractivity contribution in [2.24, 2.45) is 0 Å². The van der Waals surface area contributed by atoms with Crippen molar-refractivity contribution >= 4 is 11.7 Å². The Balaban J connectivity index is 2.05. The van der Waals surface area contributed by atoms with Gasteiger partial charge >= 0.3 is 6.03 Å². The van der Waals surface area contributed by atoms with Crippen LogP contribution in [0.3, 0.4) is 0 Å². The third kappa shape index (κ3) is 3.73. The molecule has 0 atom stereocenters. The number of rotatable bonds is 4. The van der Waals surface area contributed by atoms with Crippen molar-refractivity contribution < 1.29 is 9.90 Å². The third-order valence-electron chi connectivity index (χ3n) is 3.83. The number of nitrogens with one attached hydrogen (secondary N) is 2. The first-order valence-electron chi connectivity index (χ1n) is 7.33. The molecular weight excluding hydrogens is 252 g/mol. The lowest BCUT2D eigenvalue weighted by molar-refractivity contribution is 0.218. The molecule has 1 aromatic carbocycles. The summed E-state index contributed by atoms with van der Waals surface area (Å²) in [5.41, 5.74) is 3.13. The Hall–Kier alpha value is -1.55. The van der Waals surface area contributed by atoms with E-state index in [0.29, 0.717) is 6.42 Å². The molecule has 0 aromatic heterocycles. The van der Waals surface area contributed by atoms with Gasteiger partial charge in [0.25, 0.3) is 0 Å². The Morgan fingerprint density at radius 3 is 2.80 bits per heavy atom. The fourth-order valence-electron chi connectivity index (χ4n) is 2.70. The zero-order valence-corrected chi connectivity index (χ0v) is 12.3. The van der Waals surface area contributed by atoms with E-state index in [1.165, 1.54) is 24.0 Å². The number of fused-ring (bicyclic) bond motifs is 1. The predicted octanol–water partition coefficient (Wildman–Crippen LogP) is 2.85. The number of anilines is 1. The topological polar surface area (TPSA) is 61.4 Å². The lowest BCUT2D eigenvalue weighted by atomic mass is 9.90. The molecule has 2 rings (SSSR count). The number of hydrogen-bond donors (Lipinski definition) is 3. The van der Waals surface area contributed by atoms with Crippen LogP contribution in [-0.4, -0.2) is 23.3 Å². The van der Waals surface area contributed by atoms with Crippen LogP contribution >= 0.6 is 0 Å². The van der Waals surface area contributed by atoms with E-state index in [4.69, 9.17) is 5.11 Å². The first kappa shape index (κ1) is 14.9. The van der Waals surface area contributed by atoms with Crippen LogP contribution in [0.2, 0.25) is 0 Å². The zero-order valence-electron chi connectivity index (χ0n) is 12.3. The number of aliphatic hydroxyl groups is 1. The number of benzene rings is 1. The molecule has 0 saturated carbocycles. The molecule has 0 unspecified atom stereocenters. The maximum Gasteiger partial charge on any atom is 0.319 e. The van der Waals surface area contributed by atoms with Gasteiger partial charge in [0.05, 0.1) is 0 Å². The van der Waals surface area contributed by atoms with E-state index in [2.05, 4.69) is 16.7 Å². The van der Waals surface area contributed by atoms with E-state index in [1.807, 2.05) is 26.0 Å². The molecule has 0 bridgehead atoms. The molecule has 0 aliphatic heterocycles. The fraction of sp³-hybridized carbons (Fsp3) is 0.562. The van der Waals surface area contributed by atoms with Gasteiger partial charge in [-0.05, 0) is 63.1 Å². The highest BCUT2D eigenvalue weighted by atomic mass is 16.3. The van der Waals surface area contributed by atoms with Crippen molar-refractivity contribution in [3.8, 4) is 0 Å². The molecular formula is C16H24N2O2. The van der Waals surface area contributed by atoms with Crippen molar-refractivity contribution in [1.29, 1.82) is 0 Å². The lowest BCUT2D eigenvalue weighted by Gasteiger charge is -2.26. The van der Waals surface area contributed by atoms with Crippen LogP contribution in [0.15, 0.2) is 18.2 Å². The van der Waals surface area contributed by atoms with Gasteiger partial charge in [0.1, 0.15) is 0 Å². The van der Waals surface area contributed by atoms with Gasteiger partial charge in [-0.1, -0.05) is 12.1 Å². The van der Waals surface area contributed by atoms with Crippen LogP contribution in [0.25, 0.3) is 0 Å².